The Balaban J connectivity index is 0.000000771. The van der Waals surface area contributed by atoms with Crippen molar-refractivity contribution < 1.29 is 45.9 Å². The number of aromatic amines is 1. The SMILES string of the molecule is C=CC(=O)Nc1cccc(S(=O)(=O)N2CCC(NC(=O)c3[nH]ncc3NC(=O)c3c(Cl)cc(Cl)cc3Cl)CC2)c1.O=C(O)C(F)(F)F. The van der Waals surface area contributed by atoms with Crippen LogP contribution in [0.2, 0.25) is 15.1 Å². The van der Waals surface area contributed by atoms with E-state index in [1.807, 2.05) is 0 Å². The average Bonchev–Trinajstić information content (AvgIpc) is 3.45. The molecule has 252 valence electrons. The standard InChI is InChI=1S/C25H23Cl3N6O5S.C2HF3O2/c1-2-21(35)30-16-4-3-5-17(12-16)40(38,39)34-8-6-15(7-9-34)31-25(37)23-20(13-29-33-23)32-24(36)22-18(27)10-14(26)11-19(22)28;3-2(4,5)1(6)7/h2-5,10-13,15H,1,6-9H2,(H,29,33)(H,30,35)(H,31,37)(H,32,36);(H,6,7). The van der Waals surface area contributed by atoms with Gasteiger partial charge in [0.2, 0.25) is 15.9 Å². The van der Waals surface area contributed by atoms with Gasteiger partial charge in [0.05, 0.1) is 32.4 Å². The molecule has 0 unspecified atom stereocenters. The summed E-state index contributed by atoms with van der Waals surface area (Å²) in [6.07, 6.45) is -2.02. The maximum atomic E-state index is 13.2. The van der Waals surface area contributed by atoms with E-state index >= 15 is 0 Å². The first kappa shape index (κ1) is 37.3. The van der Waals surface area contributed by atoms with Gasteiger partial charge in [-0.15, -0.1) is 0 Å². The van der Waals surface area contributed by atoms with Gasteiger partial charge in [-0.3, -0.25) is 19.5 Å². The number of carbonyl (C=O) groups excluding carboxylic acids is 3. The monoisotopic (exact) mass is 738 g/mol. The Morgan fingerprint density at radius 1 is 1.02 bits per heavy atom. The van der Waals surface area contributed by atoms with Crippen LogP contribution < -0.4 is 16.0 Å². The minimum atomic E-state index is -5.08. The summed E-state index contributed by atoms with van der Waals surface area (Å²) in [5, 5.41) is 21.8. The molecule has 0 radical (unpaired) electrons. The van der Waals surface area contributed by atoms with Crippen molar-refractivity contribution in [1.29, 1.82) is 0 Å². The van der Waals surface area contributed by atoms with Crippen LogP contribution in [0.3, 0.4) is 0 Å². The molecule has 47 heavy (non-hydrogen) atoms. The van der Waals surface area contributed by atoms with Crippen LogP contribution in [0.15, 0.2) is 60.1 Å². The molecule has 3 amide bonds. The highest BCUT2D eigenvalue weighted by Gasteiger charge is 2.38. The van der Waals surface area contributed by atoms with Gasteiger partial charge in [-0.05, 0) is 49.2 Å². The second-order valence-electron chi connectivity index (χ2n) is 9.53. The maximum absolute atomic E-state index is 13.2. The number of hydrogen-bond acceptors (Lipinski definition) is 7. The second kappa shape index (κ2) is 15.6. The molecule has 2 heterocycles. The number of nitrogens with zero attached hydrogens (tertiary/aromatic N) is 2. The number of nitrogens with one attached hydrogen (secondary N) is 4. The van der Waals surface area contributed by atoms with Gasteiger partial charge in [0.15, 0.2) is 0 Å². The van der Waals surface area contributed by atoms with E-state index in [1.54, 1.807) is 6.07 Å². The van der Waals surface area contributed by atoms with E-state index in [0.29, 0.717) is 18.5 Å². The van der Waals surface area contributed by atoms with E-state index in [-0.39, 0.29) is 56.0 Å². The maximum Gasteiger partial charge on any atom is 0.490 e. The molecule has 2 aromatic carbocycles. The fourth-order valence-electron chi connectivity index (χ4n) is 4.07. The van der Waals surface area contributed by atoms with Crippen LogP contribution in [0.1, 0.15) is 33.7 Å². The van der Waals surface area contributed by atoms with Crippen molar-refractivity contribution in [3.8, 4) is 0 Å². The van der Waals surface area contributed by atoms with Crippen molar-refractivity contribution in [2.45, 2.75) is 30.0 Å². The number of aromatic nitrogens is 2. The number of alkyl halides is 3. The van der Waals surface area contributed by atoms with Gasteiger partial charge in [0.25, 0.3) is 11.8 Å². The van der Waals surface area contributed by atoms with E-state index in [1.165, 1.54) is 40.8 Å². The number of carbonyl (C=O) groups is 4. The lowest BCUT2D eigenvalue weighted by molar-refractivity contribution is -0.192. The largest absolute Gasteiger partial charge is 0.490 e. The first-order chi connectivity index (χ1) is 21.9. The number of amides is 3. The van der Waals surface area contributed by atoms with Gasteiger partial charge in [-0.25, -0.2) is 13.2 Å². The number of benzene rings is 2. The summed E-state index contributed by atoms with van der Waals surface area (Å²) in [4.78, 5) is 46.2. The molecule has 0 atom stereocenters. The zero-order valence-electron chi connectivity index (χ0n) is 23.7. The van der Waals surface area contributed by atoms with Crippen molar-refractivity contribution >= 4 is 79.9 Å². The third-order valence-corrected chi connectivity index (χ3v) is 9.01. The summed E-state index contributed by atoms with van der Waals surface area (Å²) >= 11 is 18.1. The lowest BCUT2D eigenvalue weighted by Gasteiger charge is -2.31. The number of hydrogen-bond donors (Lipinski definition) is 5. The number of sulfonamides is 1. The number of carboxylic acid groups (broad SMARTS) is 1. The molecule has 1 saturated heterocycles. The molecule has 13 nitrogen and oxygen atoms in total. The van der Waals surface area contributed by atoms with Crippen LogP contribution in [0.25, 0.3) is 0 Å². The van der Waals surface area contributed by atoms with Crippen molar-refractivity contribution in [3.05, 3.63) is 81.6 Å². The molecule has 5 N–H and O–H groups in total. The van der Waals surface area contributed by atoms with Crippen molar-refractivity contribution in [3.63, 3.8) is 0 Å². The number of rotatable bonds is 8. The van der Waals surface area contributed by atoms with Crippen LogP contribution in [0.5, 0.6) is 0 Å². The van der Waals surface area contributed by atoms with Gasteiger partial charge in [0, 0.05) is 29.8 Å². The Bertz CT molecular complexity index is 1770. The van der Waals surface area contributed by atoms with E-state index < -0.39 is 39.9 Å². The molecule has 20 heteroatoms. The van der Waals surface area contributed by atoms with Gasteiger partial charge in [-0.1, -0.05) is 47.4 Å². The summed E-state index contributed by atoms with van der Waals surface area (Å²) in [6.45, 7) is 3.70. The number of carboxylic acids is 1. The lowest BCUT2D eigenvalue weighted by atomic mass is 10.1. The van der Waals surface area contributed by atoms with Gasteiger partial charge in [-0.2, -0.15) is 22.6 Å². The van der Waals surface area contributed by atoms with Gasteiger partial charge < -0.3 is 21.1 Å². The quantitative estimate of drug-likeness (QED) is 0.200. The average molecular weight is 740 g/mol. The Labute approximate surface area is 280 Å². The minimum Gasteiger partial charge on any atom is -0.475 e. The highest BCUT2D eigenvalue weighted by molar-refractivity contribution is 7.89. The Kier molecular flexibility index (Phi) is 12.4. The second-order valence-corrected chi connectivity index (χ2v) is 12.7. The van der Waals surface area contributed by atoms with Crippen LogP contribution in [0.4, 0.5) is 24.5 Å². The molecule has 3 aromatic rings. The zero-order valence-corrected chi connectivity index (χ0v) is 26.8. The minimum absolute atomic E-state index is 0.00277. The van der Waals surface area contributed by atoms with E-state index in [4.69, 9.17) is 44.7 Å². The highest BCUT2D eigenvalue weighted by Crippen LogP contribution is 2.30. The predicted molar refractivity (Wildman–Crippen MR) is 166 cm³/mol. The molecule has 1 aliphatic heterocycles. The summed E-state index contributed by atoms with van der Waals surface area (Å²) in [7, 11) is -3.83. The topological polar surface area (TPSA) is 191 Å². The number of halogens is 6. The molecule has 0 aliphatic carbocycles. The predicted octanol–water partition coefficient (Wildman–Crippen LogP) is 4.96. The first-order valence-corrected chi connectivity index (χ1v) is 15.6. The normalized spacial score (nSPS) is 13.9. The molecule has 4 rings (SSSR count). The molecule has 0 spiro atoms. The van der Waals surface area contributed by atoms with Crippen molar-refractivity contribution in [2.24, 2.45) is 0 Å². The third-order valence-electron chi connectivity index (χ3n) is 6.30. The number of aliphatic carboxylic acids is 1. The van der Waals surface area contributed by atoms with Crippen LogP contribution in [-0.2, 0) is 19.6 Å². The Hall–Kier alpha value is -4.16. The van der Waals surface area contributed by atoms with E-state index in [9.17, 15) is 36.0 Å². The third kappa shape index (κ3) is 9.92. The number of piperidine rings is 1. The van der Waals surface area contributed by atoms with Crippen molar-refractivity contribution in [1.82, 2.24) is 19.8 Å². The van der Waals surface area contributed by atoms with Gasteiger partial charge >= 0.3 is 12.1 Å². The van der Waals surface area contributed by atoms with Gasteiger partial charge in [0.1, 0.15) is 5.69 Å². The summed E-state index contributed by atoms with van der Waals surface area (Å²) in [5.74, 6) is -4.40. The van der Waals surface area contributed by atoms with Crippen molar-refractivity contribution in [2.75, 3.05) is 23.7 Å². The van der Waals surface area contributed by atoms with E-state index in [0.717, 1.165) is 6.08 Å². The fraction of sp³-hybridized carbons (Fsp3) is 0.222. The fourth-order valence-corrected chi connectivity index (χ4v) is 6.58. The summed E-state index contributed by atoms with van der Waals surface area (Å²) in [5.41, 5.74) is 0.426. The Morgan fingerprint density at radius 2 is 1.62 bits per heavy atom. The molecule has 0 bridgehead atoms. The highest BCUT2D eigenvalue weighted by atomic mass is 35.5. The molecular weight excluding hydrogens is 716 g/mol. The first-order valence-electron chi connectivity index (χ1n) is 13.1. The summed E-state index contributed by atoms with van der Waals surface area (Å²) < 4.78 is 59.4. The molecular formula is C27H24Cl3F3N6O7S. The molecule has 1 aliphatic rings. The van der Waals surface area contributed by atoms with Crippen LogP contribution in [0, 0.1) is 0 Å². The smallest absolute Gasteiger partial charge is 0.475 e. The zero-order chi connectivity index (χ0) is 35.1. The van der Waals surface area contributed by atoms with Crippen LogP contribution >= 0.6 is 34.8 Å². The molecule has 0 saturated carbocycles. The number of anilines is 2. The molecule has 1 fully saturated rings. The van der Waals surface area contributed by atoms with Crippen LogP contribution in [-0.4, -0.2) is 77.0 Å². The molecule has 1 aromatic heterocycles. The lowest BCUT2D eigenvalue weighted by Crippen LogP contribution is -2.46. The number of H-pyrrole nitrogens is 1. The van der Waals surface area contributed by atoms with E-state index in [2.05, 4.69) is 32.7 Å². The Morgan fingerprint density at radius 3 is 2.17 bits per heavy atom. The summed E-state index contributed by atoms with van der Waals surface area (Å²) in [6, 6.07) is 8.35.